The van der Waals surface area contributed by atoms with E-state index < -0.39 is 5.97 Å². The van der Waals surface area contributed by atoms with Gasteiger partial charge in [-0.1, -0.05) is 18.2 Å². The highest BCUT2D eigenvalue weighted by Crippen LogP contribution is 2.15. The van der Waals surface area contributed by atoms with Crippen molar-refractivity contribution >= 4 is 17.6 Å². The second-order valence-electron chi connectivity index (χ2n) is 4.30. The van der Waals surface area contributed by atoms with Gasteiger partial charge in [0.2, 0.25) is 5.91 Å². The summed E-state index contributed by atoms with van der Waals surface area (Å²) in [4.78, 5) is 25.8. The fourth-order valence-electron chi connectivity index (χ4n) is 2.07. The van der Waals surface area contributed by atoms with E-state index in [1.807, 2.05) is 30.3 Å². The van der Waals surface area contributed by atoms with Crippen LogP contribution in [0.4, 0.5) is 5.69 Å². The third kappa shape index (κ3) is 3.58. The van der Waals surface area contributed by atoms with Crippen molar-refractivity contribution < 1.29 is 14.7 Å². The maximum atomic E-state index is 11.7. The Labute approximate surface area is 111 Å². The number of rotatable bonds is 3. The lowest BCUT2D eigenvalue weighted by Gasteiger charge is -2.35. The Morgan fingerprint density at radius 2 is 1.63 bits per heavy atom. The van der Waals surface area contributed by atoms with E-state index in [9.17, 15) is 14.7 Å². The Morgan fingerprint density at radius 1 is 1.00 bits per heavy atom. The molecule has 0 bridgehead atoms. The highest BCUT2D eigenvalue weighted by molar-refractivity contribution is 5.93. The average molecular weight is 259 g/mol. The number of carbonyl (C=O) groups is 2. The number of nitrogens with zero attached hydrogens (tertiary/aromatic N) is 2. The van der Waals surface area contributed by atoms with Crippen molar-refractivity contribution in [3.05, 3.63) is 42.5 Å². The van der Waals surface area contributed by atoms with Crippen molar-refractivity contribution in [1.82, 2.24) is 4.90 Å². The zero-order chi connectivity index (χ0) is 13.7. The minimum atomic E-state index is -1.35. The minimum Gasteiger partial charge on any atom is -0.545 e. The van der Waals surface area contributed by atoms with Crippen molar-refractivity contribution in [2.45, 2.75) is 0 Å². The summed E-state index contributed by atoms with van der Waals surface area (Å²) in [5, 5.41) is 10.2. The van der Waals surface area contributed by atoms with E-state index in [1.54, 1.807) is 4.90 Å². The third-order valence-electron chi connectivity index (χ3n) is 3.07. The lowest BCUT2D eigenvalue weighted by atomic mass is 10.2. The molecule has 1 aliphatic rings. The van der Waals surface area contributed by atoms with E-state index >= 15 is 0 Å². The van der Waals surface area contributed by atoms with Crippen LogP contribution in [-0.2, 0) is 9.59 Å². The first kappa shape index (κ1) is 13.1. The smallest absolute Gasteiger partial charge is 0.246 e. The van der Waals surface area contributed by atoms with E-state index in [0.717, 1.165) is 30.9 Å². The van der Waals surface area contributed by atoms with E-state index in [2.05, 4.69) is 4.90 Å². The number of amides is 1. The Bertz CT molecular complexity index is 477. The quantitative estimate of drug-likeness (QED) is 0.695. The highest BCUT2D eigenvalue weighted by atomic mass is 16.4. The Morgan fingerprint density at radius 3 is 2.21 bits per heavy atom. The molecule has 19 heavy (non-hydrogen) atoms. The van der Waals surface area contributed by atoms with Gasteiger partial charge in [0, 0.05) is 37.9 Å². The van der Waals surface area contributed by atoms with Crippen LogP contribution in [0.15, 0.2) is 42.5 Å². The Balaban J connectivity index is 1.89. The maximum Gasteiger partial charge on any atom is 0.246 e. The summed E-state index contributed by atoms with van der Waals surface area (Å²) < 4.78 is 0. The summed E-state index contributed by atoms with van der Waals surface area (Å²) in [7, 11) is 0. The van der Waals surface area contributed by atoms with Gasteiger partial charge in [0.05, 0.1) is 5.97 Å². The summed E-state index contributed by atoms with van der Waals surface area (Å²) >= 11 is 0. The molecule has 0 saturated carbocycles. The number of hydrogen-bond donors (Lipinski definition) is 0. The first-order chi connectivity index (χ1) is 9.16. The van der Waals surface area contributed by atoms with Gasteiger partial charge in [-0.3, -0.25) is 4.79 Å². The molecule has 1 heterocycles. The first-order valence-electron chi connectivity index (χ1n) is 6.15. The molecule has 5 nitrogen and oxygen atoms in total. The van der Waals surface area contributed by atoms with Gasteiger partial charge in [0.25, 0.3) is 0 Å². The molecular weight excluding hydrogens is 244 g/mol. The van der Waals surface area contributed by atoms with Gasteiger partial charge in [-0.25, -0.2) is 0 Å². The van der Waals surface area contributed by atoms with Crippen LogP contribution in [0.25, 0.3) is 0 Å². The monoisotopic (exact) mass is 259 g/mol. The Hall–Kier alpha value is -2.30. The predicted octanol–water partition coefficient (Wildman–Crippen LogP) is -0.359. The van der Waals surface area contributed by atoms with Crippen LogP contribution in [0.2, 0.25) is 0 Å². The molecule has 1 aromatic rings. The largest absolute Gasteiger partial charge is 0.545 e. The van der Waals surface area contributed by atoms with Crippen LogP contribution in [0.3, 0.4) is 0 Å². The van der Waals surface area contributed by atoms with E-state index in [-0.39, 0.29) is 5.91 Å². The van der Waals surface area contributed by atoms with Gasteiger partial charge in [0.15, 0.2) is 0 Å². The normalized spacial score (nSPS) is 15.8. The van der Waals surface area contributed by atoms with Crippen LogP contribution < -0.4 is 10.0 Å². The molecule has 1 amide bonds. The second-order valence-corrected chi connectivity index (χ2v) is 4.30. The molecule has 0 N–H and O–H groups in total. The molecule has 0 aliphatic carbocycles. The number of para-hydroxylation sites is 1. The van der Waals surface area contributed by atoms with Crippen molar-refractivity contribution in [3.8, 4) is 0 Å². The number of hydrogen-bond acceptors (Lipinski definition) is 4. The second kappa shape index (κ2) is 6.04. The van der Waals surface area contributed by atoms with Crippen molar-refractivity contribution in [2.75, 3.05) is 31.1 Å². The van der Waals surface area contributed by atoms with Gasteiger partial charge in [-0.05, 0) is 18.2 Å². The van der Waals surface area contributed by atoms with Crippen molar-refractivity contribution in [3.63, 3.8) is 0 Å². The number of aliphatic carboxylic acids is 1. The van der Waals surface area contributed by atoms with Gasteiger partial charge >= 0.3 is 0 Å². The SMILES string of the molecule is O=C([O-])/C=C\C(=O)N1CCN(c2ccccc2)CC1. The number of carbonyl (C=O) groups excluding carboxylic acids is 2. The molecule has 1 saturated heterocycles. The molecule has 0 aromatic heterocycles. The van der Waals surface area contributed by atoms with E-state index in [4.69, 9.17) is 0 Å². The van der Waals surface area contributed by atoms with E-state index in [1.165, 1.54) is 0 Å². The lowest BCUT2D eigenvalue weighted by Crippen LogP contribution is -2.48. The number of carboxylic acid groups (broad SMARTS) is 1. The molecule has 1 aromatic carbocycles. The summed E-state index contributed by atoms with van der Waals surface area (Å²) in [6.45, 7) is 2.67. The van der Waals surface area contributed by atoms with E-state index in [0.29, 0.717) is 13.1 Å². The summed E-state index contributed by atoms with van der Waals surface area (Å²) in [5.74, 6) is -1.63. The standard InChI is InChI=1S/C14H16N2O3/c17-13(6-7-14(18)19)16-10-8-15(9-11-16)12-4-2-1-3-5-12/h1-7H,8-11H2,(H,18,19)/p-1/b7-6-. The third-order valence-corrected chi connectivity index (χ3v) is 3.07. The van der Waals surface area contributed by atoms with Crippen LogP contribution in [0.1, 0.15) is 0 Å². The molecule has 0 atom stereocenters. The van der Waals surface area contributed by atoms with Crippen molar-refractivity contribution in [1.29, 1.82) is 0 Å². The maximum absolute atomic E-state index is 11.7. The number of piperazine rings is 1. The Kier molecular flexibility index (Phi) is 4.18. The highest BCUT2D eigenvalue weighted by Gasteiger charge is 2.19. The van der Waals surface area contributed by atoms with Crippen LogP contribution in [0.5, 0.6) is 0 Å². The van der Waals surface area contributed by atoms with Crippen LogP contribution >= 0.6 is 0 Å². The zero-order valence-corrected chi connectivity index (χ0v) is 10.5. The minimum absolute atomic E-state index is 0.281. The number of carboxylic acids is 1. The first-order valence-corrected chi connectivity index (χ1v) is 6.15. The molecule has 0 radical (unpaired) electrons. The number of anilines is 1. The lowest BCUT2D eigenvalue weighted by molar-refractivity contribution is -0.297. The number of benzene rings is 1. The van der Waals surface area contributed by atoms with Crippen LogP contribution in [-0.4, -0.2) is 43.0 Å². The fraction of sp³-hybridized carbons (Fsp3) is 0.286. The van der Waals surface area contributed by atoms with Gasteiger partial charge < -0.3 is 19.7 Å². The zero-order valence-electron chi connectivity index (χ0n) is 10.5. The summed E-state index contributed by atoms with van der Waals surface area (Å²) in [5.41, 5.74) is 1.14. The predicted molar refractivity (Wildman–Crippen MR) is 69.4 cm³/mol. The molecular formula is C14H15N2O3-. The molecule has 2 rings (SSSR count). The molecule has 1 aliphatic heterocycles. The molecule has 5 heteroatoms. The van der Waals surface area contributed by atoms with Crippen LogP contribution in [0, 0.1) is 0 Å². The van der Waals surface area contributed by atoms with Gasteiger partial charge in [0.1, 0.15) is 0 Å². The molecule has 0 unspecified atom stereocenters. The van der Waals surface area contributed by atoms with Gasteiger partial charge in [-0.2, -0.15) is 0 Å². The molecule has 1 fully saturated rings. The molecule has 0 spiro atoms. The summed E-state index contributed by atoms with van der Waals surface area (Å²) in [6.07, 6.45) is 1.82. The van der Waals surface area contributed by atoms with Crippen molar-refractivity contribution in [2.24, 2.45) is 0 Å². The summed E-state index contributed by atoms with van der Waals surface area (Å²) in [6, 6.07) is 10.00. The average Bonchev–Trinajstić information content (AvgIpc) is 2.46. The van der Waals surface area contributed by atoms with Gasteiger partial charge in [-0.15, -0.1) is 0 Å². The molecule has 100 valence electrons. The topological polar surface area (TPSA) is 63.7 Å². The fourth-order valence-corrected chi connectivity index (χ4v) is 2.07.